The van der Waals surface area contributed by atoms with Crippen molar-refractivity contribution in [3.05, 3.63) is 58.3 Å². The van der Waals surface area contributed by atoms with E-state index in [1.807, 2.05) is 0 Å². The zero-order valence-corrected chi connectivity index (χ0v) is 20.1. The summed E-state index contributed by atoms with van der Waals surface area (Å²) in [6.45, 7) is 0.632. The third kappa shape index (κ3) is 3.59. The van der Waals surface area contributed by atoms with E-state index in [9.17, 15) is 9.59 Å². The average molecular weight is 498 g/mol. The van der Waals surface area contributed by atoms with Crippen molar-refractivity contribution in [2.24, 2.45) is 5.73 Å². The van der Waals surface area contributed by atoms with Crippen molar-refractivity contribution < 1.29 is 14.0 Å². The number of halogens is 2. The third-order valence-electron chi connectivity index (χ3n) is 7.07. The van der Waals surface area contributed by atoms with Crippen LogP contribution < -0.4 is 16.8 Å². The molecule has 1 saturated carbocycles. The summed E-state index contributed by atoms with van der Waals surface area (Å²) in [6, 6.07) is 3.08. The Morgan fingerprint density at radius 1 is 1.29 bits per heavy atom. The molecule has 3 aromatic rings. The first-order chi connectivity index (χ1) is 16.6. The Morgan fingerprint density at radius 3 is 2.74 bits per heavy atom. The molecule has 5 rings (SSSR count). The number of benzene rings is 1. The largest absolute Gasteiger partial charge is 0.398 e. The topological polar surface area (TPSA) is 132 Å². The van der Waals surface area contributed by atoms with E-state index in [-0.39, 0.29) is 28.3 Å². The minimum Gasteiger partial charge on any atom is -0.398 e. The number of primary amides is 1. The fraction of sp³-hybridized carbons (Fsp3) is 0.333. The molecular formula is C24H25ClFN7O2. The standard InChI is InChI=1S/C24H25ClFN7O2/c1-32(2)23(35)17-16(27)4-3-14(20(17)26)15-9-29-22-18(19(15)25)24(11-30-22)6-5-13(7-24)33-10-12(8-31-33)21(28)34/h3-4,8-10,13H,5-7,11,27H2,1-2H3,(H2,28,34)(H,29,30)/t13-,24-/m0/s1. The first kappa shape index (κ1) is 23.1. The zero-order valence-electron chi connectivity index (χ0n) is 19.3. The minimum atomic E-state index is -0.729. The molecule has 1 spiro atoms. The van der Waals surface area contributed by atoms with Crippen LogP contribution in [0.4, 0.5) is 15.9 Å². The lowest BCUT2D eigenvalue weighted by Gasteiger charge is -2.25. The highest BCUT2D eigenvalue weighted by atomic mass is 35.5. The van der Waals surface area contributed by atoms with E-state index in [1.54, 1.807) is 10.9 Å². The Bertz CT molecular complexity index is 1370. The molecular weight excluding hydrogens is 473 g/mol. The number of nitrogens with zero attached hydrogens (tertiary/aromatic N) is 4. The summed E-state index contributed by atoms with van der Waals surface area (Å²) in [6.07, 6.45) is 7.00. The number of rotatable bonds is 4. The van der Waals surface area contributed by atoms with Crippen LogP contribution in [0.5, 0.6) is 0 Å². The molecule has 2 aromatic heterocycles. The number of hydrogen-bond acceptors (Lipinski definition) is 6. The maximum absolute atomic E-state index is 15.6. The van der Waals surface area contributed by atoms with Crippen LogP contribution in [0.15, 0.2) is 30.7 Å². The fourth-order valence-electron chi connectivity index (χ4n) is 5.25. The summed E-state index contributed by atoms with van der Waals surface area (Å²) in [4.78, 5) is 29.9. The number of nitrogens with two attached hydrogens (primary N) is 2. The van der Waals surface area contributed by atoms with E-state index in [0.717, 1.165) is 18.4 Å². The predicted molar refractivity (Wildman–Crippen MR) is 131 cm³/mol. The predicted octanol–water partition coefficient (Wildman–Crippen LogP) is 3.21. The molecule has 2 aliphatic rings. The molecule has 2 atom stereocenters. The monoisotopic (exact) mass is 497 g/mol. The van der Waals surface area contributed by atoms with Crippen LogP contribution >= 0.6 is 11.6 Å². The highest BCUT2D eigenvalue weighted by Gasteiger charge is 2.48. The molecule has 35 heavy (non-hydrogen) atoms. The number of hydrogen-bond donors (Lipinski definition) is 3. The summed E-state index contributed by atoms with van der Waals surface area (Å²) >= 11 is 6.95. The van der Waals surface area contributed by atoms with E-state index in [1.165, 1.54) is 43.5 Å². The molecule has 3 heterocycles. The van der Waals surface area contributed by atoms with Crippen molar-refractivity contribution in [1.29, 1.82) is 0 Å². The van der Waals surface area contributed by atoms with E-state index in [4.69, 9.17) is 23.1 Å². The van der Waals surface area contributed by atoms with Crippen molar-refractivity contribution in [3.8, 4) is 11.1 Å². The van der Waals surface area contributed by atoms with Crippen molar-refractivity contribution >= 4 is 34.9 Å². The number of nitrogen functional groups attached to an aromatic ring is 1. The highest BCUT2D eigenvalue weighted by Crippen LogP contribution is 2.54. The second-order valence-corrected chi connectivity index (χ2v) is 9.78. The molecule has 0 saturated heterocycles. The van der Waals surface area contributed by atoms with Gasteiger partial charge in [0.2, 0.25) is 0 Å². The smallest absolute Gasteiger partial charge is 0.258 e. The SMILES string of the molecule is CN(C)C(=O)c1c(N)ccc(-c2cnc3c(c2Cl)[C@]2(CC[C@H](n4cc(C(N)=O)cn4)C2)CN3)c1F. The Hall–Kier alpha value is -3.66. The molecule has 0 radical (unpaired) electrons. The summed E-state index contributed by atoms with van der Waals surface area (Å²) in [5.41, 5.74) is 12.6. The maximum Gasteiger partial charge on any atom is 0.258 e. The molecule has 9 nitrogen and oxygen atoms in total. The number of anilines is 2. The lowest BCUT2D eigenvalue weighted by Crippen LogP contribution is -2.26. The molecule has 1 aromatic carbocycles. The molecule has 2 amide bonds. The minimum absolute atomic E-state index is 0.0492. The number of pyridine rings is 1. The van der Waals surface area contributed by atoms with Gasteiger partial charge in [-0.2, -0.15) is 5.10 Å². The summed E-state index contributed by atoms with van der Waals surface area (Å²) < 4.78 is 17.4. The summed E-state index contributed by atoms with van der Waals surface area (Å²) in [5.74, 6) is -1.12. The maximum atomic E-state index is 15.6. The molecule has 5 N–H and O–H groups in total. The van der Waals surface area contributed by atoms with Gasteiger partial charge in [0.25, 0.3) is 11.8 Å². The third-order valence-corrected chi connectivity index (χ3v) is 7.46. The number of amides is 2. The fourth-order valence-corrected chi connectivity index (χ4v) is 5.69. The molecule has 1 fully saturated rings. The van der Waals surface area contributed by atoms with E-state index >= 15 is 4.39 Å². The van der Waals surface area contributed by atoms with Gasteiger partial charge in [-0.05, 0) is 31.4 Å². The van der Waals surface area contributed by atoms with Gasteiger partial charge >= 0.3 is 0 Å². The van der Waals surface area contributed by atoms with Gasteiger partial charge < -0.3 is 21.7 Å². The van der Waals surface area contributed by atoms with Crippen LogP contribution in [0.2, 0.25) is 5.02 Å². The average Bonchev–Trinajstić information content (AvgIpc) is 3.54. The van der Waals surface area contributed by atoms with Gasteiger partial charge in [-0.25, -0.2) is 9.37 Å². The van der Waals surface area contributed by atoms with E-state index in [0.29, 0.717) is 34.9 Å². The van der Waals surface area contributed by atoms with Crippen LogP contribution in [-0.2, 0) is 5.41 Å². The van der Waals surface area contributed by atoms with Crippen LogP contribution in [-0.4, -0.2) is 52.1 Å². The Labute approximate surface area is 206 Å². The molecule has 1 aliphatic carbocycles. The highest BCUT2D eigenvalue weighted by molar-refractivity contribution is 6.34. The summed E-state index contributed by atoms with van der Waals surface area (Å²) in [7, 11) is 3.07. The van der Waals surface area contributed by atoms with Gasteiger partial charge in [0.1, 0.15) is 11.6 Å². The first-order valence-corrected chi connectivity index (χ1v) is 11.6. The molecule has 1 aliphatic heterocycles. The Kier molecular flexibility index (Phi) is 5.43. The van der Waals surface area contributed by atoms with Gasteiger partial charge in [-0.15, -0.1) is 0 Å². The summed E-state index contributed by atoms with van der Waals surface area (Å²) in [5, 5.41) is 8.06. The van der Waals surface area contributed by atoms with Gasteiger partial charge in [0.05, 0.1) is 28.4 Å². The molecule has 182 valence electrons. The second-order valence-electron chi connectivity index (χ2n) is 9.40. The number of aromatic nitrogens is 3. The van der Waals surface area contributed by atoms with Gasteiger partial charge in [0.15, 0.2) is 0 Å². The normalized spacial score (nSPS) is 20.6. The second kappa shape index (κ2) is 8.23. The Balaban J connectivity index is 1.55. The van der Waals surface area contributed by atoms with Crippen molar-refractivity contribution in [2.75, 3.05) is 31.7 Å². The van der Waals surface area contributed by atoms with E-state index in [2.05, 4.69) is 15.4 Å². The van der Waals surface area contributed by atoms with Gasteiger partial charge in [-0.3, -0.25) is 14.3 Å². The van der Waals surface area contributed by atoms with Gasteiger partial charge in [0, 0.05) is 60.8 Å². The zero-order chi connectivity index (χ0) is 25.1. The number of carbonyl (C=O) groups is 2. The molecule has 0 unspecified atom stereocenters. The van der Waals surface area contributed by atoms with Crippen molar-refractivity contribution in [3.63, 3.8) is 0 Å². The molecule has 11 heteroatoms. The number of fused-ring (bicyclic) bond motifs is 2. The molecule has 0 bridgehead atoms. The number of carbonyl (C=O) groups excluding carboxylic acids is 2. The van der Waals surface area contributed by atoms with Crippen molar-refractivity contribution in [1.82, 2.24) is 19.7 Å². The van der Waals surface area contributed by atoms with Crippen LogP contribution in [0.25, 0.3) is 11.1 Å². The number of nitrogens with one attached hydrogen (secondary N) is 1. The Morgan fingerprint density at radius 2 is 2.06 bits per heavy atom. The van der Waals surface area contributed by atoms with Gasteiger partial charge in [-0.1, -0.05) is 11.6 Å². The van der Waals surface area contributed by atoms with Crippen LogP contribution in [0, 0.1) is 5.82 Å². The lowest BCUT2D eigenvalue weighted by atomic mass is 9.80. The van der Waals surface area contributed by atoms with Crippen molar-refractivity contribution in [2.45, 2.75) is 30.7 Å². The van der Waals surface area contributed by atoms with E-state index < -0.39 is 17.6 Å². The lowest BCUT2D eigenvalue weighted by molar-refractivity contribution is 0.0824. The van der Waals surface area contributed by atoms with Crippen LogP contribution in [0.1, 0.15) is 51.6 Å². The van der Waals surface area contributed by atoms with Crippen LogP contribution in [0.3, 0.4) is 0 Å². The quantitative estimate of drug-likeness (QED) is 0.474. The first-order valence-electron chi connectivity index (χ1n) is 11.2.